The Morgan fingerprint density at radius 3 is 2.51 bits per heavy atom. The number of anilines is 1. The van der Waals surface area contributed by atoms with Crippen molar-refractivity contribution in [1.82, 2.24) is 20.2 Å². The predicted octanol–water partition coefficient (Wildman–Crippen LogP) is 6.14. The fraction of sp³-hybridized carbons (Fsp3) is 0. The van der Waals surface area contributed by atoms with Crippen LogP contribution in [0.2, 0.25) is 10.0 Å². The number of hydrogen-bond acceptors (Lipinski definition) is 4. The zero-order valence-electron chi connectivity index (χ0n) is 17.2. The molecule has 0 unspecified atom stereocenters. The number of benzene rings is 3. The van der Waals surface area contributed by atoms with Crippen LogP contribution in [0.4, 0.5) is 18.9 Å². The molecule has 2 heterocycles. The fourth-order valence-corrected chi connectivity index (χ4v) is 5.41. The molecule has 0 aliphatic carbocycles. The zero-order valence-corrected chi connectivity index (χ0v) is 19.5. The second-order valence-corrected chi connectivity index (χ2v) is 9.74. The number of nitrogens with one attached hydrogen (secondary N) is 3. The minimum Gasteiger partial charge on any atom is -0.343 e. The predicted molar refractivity (Wildman–Crippen MR) is 126 cm³/mol. The van der Waals surface area contributed by atoms with Crippen molar-refractivity contribution in [3.05, 3.63) is 82.4 Å². The summed E-state index contributed by atoms with van der Waals surface area (Å²) in [5.74, 6) is -3.04. The van der Waals surface area contributed by atoms with Gasteiger partial charge in [-0.2, -0.15) is 5.10 Å². The standard InChI is InChI=1S/C22H12Cl2F3N5O2S/c23-12-2-1-3-15(17(12)24)35(33,34)32-14-7-6-13(25)16(19(14)27)10-4-5-11-20(18(10)26)30-31-21(11)22-28-8-9-29-22/h1-9,32H,(H,28,29)(H,30,31). The summed E-state index contributed by atoms with van der Waals surface area (Å²) in [5, 5.41) is 6.57. The molecule has 13 heteroatoms. The number of halogens is 5. The highest BCUT2D eigenvalue weighted by Crippen LogP contribution is 2.37. The number of nitrogens with zero attached hydrogens (tertiary/aromatic N) is 2. The molecule has 0 aliphatic heterocycles. The number of aromatic amines is 2. The molecule has 0 bridgehead atoms. The van der Waals surface area contributed by atoms with Crippen molar-refractivity contribution in [3.63, 3.8) is 0 Å². The van der Waals surface area contributed by atoms with Gasteiger partial charge in [-0.1, -0.05) is 35.3 Å². The SMILES string of the molecule is O=S(=O)(Nc1ccc(F)c(-c2ccc3c(-c4ncc[nH]4)n[nH]c3c2F)c1F)c1cccc(Cl)c1Cl. The normalized spacial score (nSPS) is 11.8. The maximum atomic E-state index is 15.4. The summed E-state index contributed by atoms with van der Waals surface area (Å²) in [6.45, 7) is 0. The average Bonchev–Trinajstić information content (AvgIpc) is 3.49. The molecule has 35 heavy (non-hydrogen) atoms. The molecular formula is C22H12Cl2F3N5O2S. The van der Waals surface area contributed by atoms with E-state index in [1.807, 2.05) is 4.72 Å². The van der Waals surface area contributed by atoms with E-state index >= 15 is 8.78 Å². The molecule has 5 rings (SSSR count). The molecular weight excluding hydrogens is 526 g/mol. The Labute approximate surface area is 206 Å². The second kappa shape index (κ2) is 8.59. The van der Waals surface area contributed by atoms with Gasteiger partial charge in [-0.15, -0.1) is 0 Å². The van der Waals surface area contributed by atoms with Crippen LogP contribution in [0.1, 0.15) is 0 Å². The van der Waals surface area contributed by atoms with Crippen LogP contribution in [0, 0.1) is 17.5 Å². The van der Waals surface area contributed by atoms with E-state index < -0.39 is 49.2 Å². The highest BCUT2D eigenvalue weighted by Gasteiger charge is 2.26. The zero-order chi connectivity index (χ0) is 24.9. The quantitative estimate of drug-likeness (QED) is 0.250. The third kappa shape index (κ3) is 3.91. The molecule has 0 fully saturated rings. The lowest BCUT2D eigenvalue weighted by molar-refractivity contribution is 0.583. The van der Waals surface area contributed by atoms with E-state index in [0.29, 0.717) is 16.9 Å². The first kappa shape index (κ1) is 23.2. The van der Waals surface area contributed by atoms with Crippen molar-refractivity contribution in [3.8, 4) is 22.6 Å². The average molecular weight is 538 g/mol. The van der Waals surface area contributed by atoms with Gasteiger partial charge in [0.25, 0.3) is 10.0 Å². The van der Waals surface area contributed by atoms with Crippen LogP contribution in [-0.4, -0.2) is 28.6 Å². The van der Waals surface area contributed by atoms with E-state index in [4.69, 9.17) is 23.2 Å². The molecule has 2 aromatic heterocycles. The van der Waals surface area contributed by atoms with Crippen molar-refractivity contribution in [2.24, 2.45) is 0 Å². The van der Waals surface area contributed by atoms with Crippen LogP contribution in [0.15, 0.2) is 59.8 Å². The van der Waals surface area contributed by atoms with Crippen molar-refractivity contribution in [1.29, 1.82) is 0 Å². The third-order valence-electron chi connectivity index (χ3n) is 5.21. The molecule has 178 valence electrons. The molecule has 0 saturated carbocycles. The number of imidazole rings is 1. The molecule has 0 atom stereocenters. The Bertz CT molecular complexity index is 1710. The number of hydrogen-bond donors (Lipinski definition) is 3. The van der Waals surface area contributed by atoms with Gasteiger partial charge in [-0.05, 0) is 30.3 Å². The Balaban J connectivity index is 1.60. The summed E-state index contributed by atoms with van der Waals surface area (Å²) in [6, 6.07) is 8.20. The van der Waals surface area contributed by atoms with Gasteiger partial charge in [-0.25, -0.2) is 26.6 Å². The van der Waals surface area contributed by atoms with Crippen molar-refractivity contribution in [2.45, 2.75) is 4.90 Å². The first-order chi connectivity index (χ1) is 16.7. The maximum Gasteiger partial charge on any atom is 0.263 e. The summed E-state index contributed by atoms with van der Waals surface area (Å²) in [6.07, 6.45) is 3.06. The number of H-pyrrole nitrogens is 2. The van der Waals surface area contributed by atoms with E-state index in [9.17, 15) is 12.8 Å². The molecule has 7 nitrogen and oxygen atoms in total. The minimum absolute atomic E-state index is 0.0290. The van der Waals surface area contributed by atoms with Crippen molar-refractivity contribution >= 4 is 49.8 Å². The summed E-state index contributed by atoms with van der Waals surface area (Å²) < 4.78 is 73.2. The van der Waals surface area contributed by atoms with Gasteiger partial charge < -0.3 is 4.98 Å². The van der Waals surface area contributed by atoms with Crippen LogP contribution < -0.4 is 4.72 Å². The van der Waals surface area contributed by atoms with Crippen LogP contribution in [0.25, 0.3) is 33.5 Å². The van der Waals surface area contributed by atoms with E-state index in [0.717, 1.165) is 12.1 Å². The lowest BCUT2D eigenvalue weighted by Gasteiger charge is -2.14. The van der Waals surface area contributed by atoms with Gasteiger partial charge in [0.15, 0.2) is 17.5 Å². The molecule has 0 saturated heterocycles. The lowest BCUT2D eigenvalue weighted by atomic mass is 10.0. The Hall–Kier alpha value is -3.54. The van der Waals surface area contributed by atoms with Gasteiger partial charge >= 0.3 is 0 Å². The monoisotopic (exact) mass is 537 g/mol. The third-order valence-corrected chi connectivity index (χ3v) is 7.55. The first-order valence-corrected chi connectivity index (χ1v) is 12.0. The summed E-state index contributed by atoms with van der Waals surface area (Å²) in [5.41, 5.74) is -1.61. The highest BCUT2D eigenvalue weighted by atomic mass is 35.5. The number of fused-ring (bicyclic) bond motifs is 1. The molecule has 0 spiro atoms. The van der Waals surface area contributed by atoms with Crippen molar-refractivity contribution in [2.75, 3.05) is 4.72 Å². The van der Waals surface area contributed by atoms with Gasteiger partial charge in [0.05, 0.1) is 21.3 Å². The van der Waals surface area contributed by atoms with Crippen LogP contribution in [-0.2, 0) is 10.0 Å². The van der Waals surface area contributed by atoms with Gasteiger partial charge in [0.2, 0.25) is 0 Å². The summed E-state index contributed by atoms with van der Waals surface area (Å²) in [7, 11) is -4.42. The van der Waals surface area contributed by atoms with E-state index in [-0.39, 0.29) is 15.6 Å². The minimum atomic E-state index is -4.42. The topological polar surface area (TPSA) is 104 Å². The van der Waals surface area contributed by atoms with Gasteiger partial charge in [0, 0.05) is 23.3 Å². The number of rotatable bonds is 5. The summed E-state index contributed by atoms with van der Waals surface area (Å²) in [4.78, 5) is 6.50. The summed E-state index contributed by atoms with van der Waals surface area (Å²) >= 11 is 11.9. The number of aromatic nitrogens is 4. The Kier molecular flexibility index (Phi) is 5.70. The second-order valence-electron chi connectivity index (χ2n) is 7.30. The van der Waals surface area contributed by atoms with Crippen LogP contribution >= 0.6 is 23.2 Å². The molecule has 3 N–H and O–H groups in total. The fourth-order valence-electron chi connectivity index (χ4n) is 3.59. The Morgan fingerprint density at radius 1 is 0.971 bits per heavy atom. The molecule has 0 amide bonds. The maximum absolute atomic E-state index is 15.4. The van der Waals surface area contributed by atoms with Crippen LogP contribution in [0.3, 0.4) is 0 Å². The number of sulfonamides is 1. The van der Waals surface area contributed by atoms with Crippen LogP contribution in [0.5, 0.6) is 0 Å². The molecule has 3 aromatic carbocycles. The van der Waals surface area contributed by atoms with E-state index in [2.05, 4.69) is 20.2 Å². The lowest BCUT2D eigenvalue weighted by Crippen LogP contribution is -2.15. The van der Waals surface area contributed by atoms with Gasteiger partial charge in [-0.3, -0.25) is 9.82 Å². The van der Waals surface area contributed by atoms with Gasteiger partial charge in [0.1, 0.15) is 21.9 Å². The van der Waals surface area contributed by atoms with E-state index in [1.165, 1.54) is 36.5 Å². The molecule has 0 radical (unpaired) electrons. The largest absolute Gasteiger partial charge is 0.343 e. The first-order valence-electron chi connectivity index (χ1n) is 9.80. The smallest absolute Gasteiger partial charge is 0.263 e. The van der Waals surface area contributed by atoms with E-state index in [1.54, 1.807) is 6.20 Å². The molecule has 5 aromatic rings. The molecule has 0 aliphatic rings. The highest BCUT2D eigenvalue weighted by molar-refractivity contribution is 7.92. The van der Waals surface area contributed by atoms with Crippen molar-refractivity contribution < 1.29 is 21.6 Å². The Morgan fingerprint density at radius 2 is 1.77 bits per heavy atom.